The van der Waals surface area contributed by atoms with Gasteiger partial charge in [0.15, 0.2) is 11.5 Å². The molecule has 6 heteroatoms. The second-order valence-electron chi connectivity index (χ2n) is 6.45. The van der Waals surface area contributed by atoms with Crippen molar-refractivity contribution in [1.29, 1.82) is 0 Å². The Morgan fingerprint density at radius 3 is 2.04 bits per heavy atom. The quantitative estimate of drug-likeness (QED) is 0.776. The highest BCUT2D eigenvalue weighted by Gasteiger charge is 2.21. The summed E-state index contributed by atoms with van der Waals surface area (Å²) in [6.07, 6.45) is 4.27. The summed E-state index contributed by atoms with van der Waals surface area (Å²) in [5.74, 6) is 0.899. The van der Waals surface area contributed by atoms with Crippen LogP contribution in [0.25, 0.3) is 11.1 Å². The Bertz CT molecular complexity index is 798. The number of aromatic carboxylic acids is 1. The van der Waals surface area contributed by atoms with Crippen LogP contribution in [0, 0.1) is 0 Å². The first kappa shape index (κ1) is 18.9. The fourth-order valence-electron chi connectivity index (χ4n) is 3.41. The van der Waals surface area contributed by atoms with Crippen molar-refractivity contribution in [3.63, 3.8) is 0 Å². The van der Waals surface area contributed by atoms with Crippen LogP contribution >= 0.6 is 0 Å². The van der Waals surface area contributed by atoms with Crippen LogP contribution in [0.2, 0.25) is 0 Å². The van der Waals surface area contributed by atoms with Gasteiger partial charge in [-0.1, -0.05) is 6.07 Å². The molecule has 1 saturated carbocycles. The smallest absolute Gasteiger partial charge is 0.339 e. The molecule has 0 amide bonds. The predicted octanol–water partition coefficient (Wildman–Crippen LogP) is 4.40. The van der Waals surface area contributed by atoms with Crippen LogP contribution < -0.4 is 18.9 Å². The molecule has 0 aromatic heterocycles. The molecule has 2 aromatic rings. The Morgan fingerprint density at radius 2 is 1.52 bits per heavy atom. The van der Waals surface area contributed by atoms with Crippen LogP contribution in [0.15, 0.2) is 30.3 Å². The lowest BCUT2D eigenvalue weighted by Crippen LogP contribution is -2.13. The van der Waals surface area contributed by atoms with Gasteiger partial charge in [-0.2, -0.15) is 0 Å². The highest BCUT2D eigenvalue weighted by molar-refractivity contribution is 5.93. The molecule has 0 spiro atoms. The first-order valence-electron chi connectivity index (χ1n) is 8.91. The maximum Gasteiger partial charge on any atom is 0.339 e. The van der Waals surface area contributed by atoms with E-state index < -0.39 is 5.97 Å². The number of ether oxygens (including phenoxy) is 4. The van der Waals surface area contributed by atoms with Gasteiger partial charge in [0, 0.05) is 0 Å². The maximum atomic E-state index is 11.8. The Labute approximate surface area is 158 Å². The fourth-order valence-corrected chi connectivity index (χ4v) is 3.41. The average molecular weight is 372 g/mol. The molecule has 0 bridgehead atoms. The molecule has 0 unspecified atom stereocenters. The molecule has 0 aliphatic heterocycles. The van der Waals surface area contributed by atoms with Crippen LogP contribution in [0.5, 0.6) is 23.0 Å². The molecule has 0 atom stereocenters. The van der Waals surface area contributed by atoms with E-state index in [1.54, 1.807) is 38.5 Å². The molecule has 0 radical (unpaired) electrons. The zero-order valence-corrected chi connectivity index (χ0v) is 15.8. The van der Waals surface area contributed by atoms with E-state index in [-0.39, 0.29) is 11.7 Å². The SMILES string of the molecule is COc1cc(-c2ccc(OC3CCCC3)c(C(=O)O)c2)cc(OC)c1OC. The molecule has 144 valence electrons. The van der Waals surface area contributed by atoms with Gasteiger partial charge in [0.1, 0.15) is 11.3 Å². The van der Waals surface area contributed by atoms with Crippen LogP contribution in [0.4, 0.5) is 0 Å². The third-order valence-corrected chi connectivity index (χ3v) is 4.80. The standard InChI is InChI=1S/C21H24O6/c1-24-18-11-14(12-19(25-2)20(18)26-3)13-8-9-17(16(10-13)21(22)23)27-15-6-4-5-7-15/h8-12,15H,4-7H2,1-3H3,(H,22,23). The molecule has 0 heterocycles. The second-order valence-corrected chi connectivity index (χ2v) is 6.45. The van der Waals surface area contributed by atoms with Crippen molar-refractivity contribution in [3.8, 4) is 34.1 Å². The minimum Gasteiger partial charge on any atom is -0.493 e. The van der Waals surface area contributed by atoms with Crippen molar-refractivity contribution in [2.75, 3.05) is 21.3 Å². The summed E-state index contributed by atoms with van der Waals surface area (Å²) in [4.78, 5) is 11.8. The number of hydrogen-bond donors (Lipinski definition) is 1. The monoisotopic (exact) mass is 372 g/mol. The molecule has 27 heavy (non-hydrogen) atoms. The van der Waals surface area contributed by atoms with Gasteiger partial charge in [-0.05, 0) is 61.1 Å². The van der Waals surface area contributed by atoms with Crippen LogP contribution in [-0.2, 0) is 0 Å². The summed E-state index contributed by atoms with van der Waals surface area (Å²) >= 11 is 0. The number of carbonyl (C=O) groups is 1. The molecular formula is C21H24O6. The summed E-state index contributed by atoms with van der Waals surface area (Å²) < 4.78 is 22.0. The van der Waals surface area contributed by atoms with Gasteiger partial charge in [-0.3, -0.25) is 0 Å². The molecule has 1 N–H and O–H groups in total. The van der Waals surface area contributed by atoms with E-state index in [1.165, 1.54) is 7.11 Å². The summed E-state index contributed by atoms with van der Waals surface area (Å²) in [6.45, 7) is 0. The average Bonchev–Trinajstić information content (AvgIpc) is 3.19. The largest absolute Gasteiger partial charge is 0.493 e. The van der Waals surface area contributed by atoms with Gasteiger partial charge in [0.2, 0.25) is 5.75 Å². The van der Waals surface area contributed by atoms with Crippen LogP contribution in [0.3, 0.4) is 0 Å². The molecule has 3 rings (SSSR count). The molecular weight excluding hydrogens is 348 g/mol. The number of benzene rings is 2. The molecule has 0 saturated heterocycles. The lowest BCUT2D eigenvalue weighted by atomic mass is 10.0. The van der Waals surface area contributed by atoms with E-state index in [4.69, 9.17) is 18.9 Å². The molecule has 1 fully saturated rings. The topological polar surface area (TPSA) is 74.2 Å². The van der Waals surface area contributed by atoms with E-state index >= 15 is 0 Å². The minimum atomic E-state index is -1.02. The van der Waals surface area contributed by atoms with Crippen molar-refractivity contribution in [2.24, 2.45) is 0 Å². The number of hydrogen-bond acceptors (Lipinski definition) is 5. The number of methoxy groups -OCH3 is 3. The summed E-state index contributed by atoms with van der Waals surface area (Å²) in [7, 11) is 4.63. The first-order valence-corrected chi connectivity index (χ1v) is 8.91. The predicted molar refractivity (Wildman–Crippen MR) is 101 cm³/mol. The summed E-state index contributed by atoms with van der Waals surface area (Å²) in [5, 5.41) is 9.65. The van der Waals surface area contributed by atoms with Gasteiger partial charge >= 0.3 is 5.97 Å². The van der Waals surface area contributed by atoms with Crippen molar-refractivity contribution in [3.05, 3.63) is 35.9 Å². The van der Waals surface area contributed by atoms with Gasteiger partial charge < -0.3 is 24.1 Å². The zero-order chi connectivity index (χ0) is 19.4. The van der Waals surface area contributed by atoms with Crippen molar-refractivity contribution in [1.82, 2.24) is 0 Å². The van der Waals surface area contributed by atoms with Crippen LogP contribution in [0.1, 0.15) is 36.0 Å². The van der Waals surface area contributed by atoms with E-state index in [2.05, 4.69) is 0 Å². The highest BCUT2D eigenvalue weighted by Crippen LogP contribution is 2.42. The van der Waals surface area contributed by atoms with Crippen molar-refractivity contribution < 1.29 is 28.8 Å². The highest BCUT2D eigenvalue weighted by atomic mass is 16.5. The lowest BCUT2D eigenvalue weighted by molar-refractivity contribution is 0.0689. The van der Waals surface area contributed by atoms with Gasteiger partial charge in [0.05, 0.1) is 27.4 Å². The van der Waals surface area contributed by atoms with Crippen molar-refractivity contribution in [2.45, 2.75) is 31.8 Å². The Morgan fingerprint density at radius 1 is 0.889 bits per heavy atom. The summed E-state index contributed by atoms with van der Waals surface area (Å²) in [6, 6.07) is 8.77. The third-order valence-electron chi connectivity index (χ3n) is 4.80. The number of rotatable bonds is 7. The van der Waals surface area contributed by atoms with Crippen molar-refractivity contribution >= 4 is 5.97 Å². The molecule has 6 nitrogen and oxygen atoms in total. The number of carboxylic acid groups (broad SMARTS) is 1. The van der Waals surface area contributed by atoms with Gasteiger partial charge in [-0.25, -0.2) is 4.79 Å². The van der Waals surface area contributed by atoms with E-state index in [0.29, 0.717) is 23.0 Å². The van der Waals surface area contributed by atoms with Gasteiger partial charge in [0.25, 0.3) is 0 Å². The first-order chi connectivity index (χ1) is 13.1. The molecule has 2 aromatic carbocycles. The van der Waals surface area contributed by atoms with Gasteiger partial charge in [-0.15, -0.1) is 0 Å². The Hall–Kier alpha value is -2.89. The zero-order valence-electron chi connectivity index (χ0n) is 15.8. The lowest BCUT2D eigenvalue weighted by Gasteiger charge is -2.17. The molecule has 1 aliphatic carbocycles. The maximum absolute atomic E-state index is 11.8. The van der Waals surface area contributed by atoms with E-state index in [0.717, 1.165) is 36.8 Å². The van der Waals surface area contributed by atoms with Crippen LogP contribution in [-0.4, -0.2) is 38.5 Å². The van der Waals surface area contributed by atoms with E-state index in [1.807, 2.05) is 6.07 Å². The second kappa shape index (κ2) is 8.20. The summed E-state index contributed by atoms with van der Waals surface area (Å²) in [5.41, 5.74) is 1.64. The van der Waals surface area contributed by atoms with E-state index in [9.17, 15) is 9.90 Å². The Balaban J connectivity index is 2.01. The minimum absolute atomic E-state index is 0.0927. The Kier molecular flexibility index (Phi) is 5.74. The fraction of sp³-hybridized carbons (Fsp3) is 0.381. The normalized spacial score (nSPS) is 14.0. The third kappa shape index (κ3) is 3.94. The molecule has 1 aliphatic rings. The number of carboxylic acids is 1.